The zero-order valence-corrected chi connectivity index (χ0v) is 48.5. The third-order valence-corrected chi connectivity index (χ3v) is 22.9. The van der Waals surface area contributed by atoms with Crippen LogP contribution in [0.3, 0.4) is 0 Å². The van der Waals surface area contributed by atoms with Crippen LogP contribution in [0, 0.1) is 0 Å². The molecule has 9 aromatic carbocycles. The highest BCUT2D eigenvalue weighted by Gasteiger charge is 2.60. The number of hydrogen-bond donors (Lipinski definition) is 0. The lowest BCUT2D eigenvalue weighted by molar-refractivity contribution is 0.195. The molecule has 0 bridgehead atoms. The van der Waals surface area contributed by atoms with Gasteiger partial charge in [-0.15, -0.1) is 11.3 Å². The van der Waals surface area contributed by atoms with E-state index in [1.807, 2.05) is 11.3 Å². The van der Waals surface area contributed by atoms with Gasteiger partial charge >= 0.3 is 0 Å². The van der Waals surface area contributed by atoms with Gasteiger partial charge in [-0.25, -0.2) is 0 Å². The second kappa shape index (κ2) is 16.5. The molecule has 6 heterocycles. The van der Waals surface area contributed by atoms with E-state index in [1.165, 1.54) is 137 Å². The molecule has 0 spiro atoms. The van der Waals surface area contributed by atoms with Gasteiger partial charge in [0.15, 0.2) is 5.58 Å². The van der Waals surface area contributed by atoms with Crippen LogP contribution in [0.4, 0.5) is 56.9 Å². The topological polar surface area (TPSA) is 26.1 Å². The number of para-hydroxylation sites is 4. The van der Waals surface area contributed by atoms with Gasteiger partial charge in [0, 0.05) is 82.6 Å². The van der Waals surface area contributed by atoms with E-state index < -0.39 is 0 Å². The van der Waals surface area contributed by atoms with Crippen LogP contribution in [0.1, 0.15) is 117 Å². The monoisotopic (exact) mass is 1070 g/mol. The van der Waals surface area contributed by atoms with Crippen LogP contribution < -0.4 is 36.0 Å². The molecule has 17 rings (SSSR count). The Balaban J connectivity index is 1.02. The van der Waals surface area contributed by atoms with Crippen molar-refractivity contribution in [3.8, 4) is 0 Å². The average molecular weight is 1070 g/mol. The van der Waals surface area contributed by atoms with E-state index in [-0.39, 0.29) is 34.0 Å². The zero-order valence-electron chi connectivity index (χ0n) is 47.7. The number of rotatable bonds is 4. The zero-order chi connectivity index (χ0) is 54.5. The number of furan rings is 1. The van der Waals surface area contributed by atoms with Crippen LogP contribution in [-0.4, -0.2) is 17.8 Å². The van der Waals surface area contributed by atoms with Crippen molar-refractivity contribution >= 4 is 133 Å². The Kier molecular flexibility index (Phi) is 9.76. The molecular weight excluding hydrogens is 1000 g/mol. The van der Waals surface area contributed by atoms with Crippen LogP contribution in [0.5, 0.6) is 0 Å². The van der Waals surface area contributed by atoms with E-state index in [2.05, 4.69) is 250 Å². The number of hydrogen-bond acceptors (Lipinski definition) is 6. The van der Waals surface area contributed by atoms with E-state index in [0.717, 1.165) is 46.9 Å². The van der Waals surface area contributed by atoms with Crippen LogP contribution in [0.2, 0.25) is 0 Å². The molecule has 0 saturated heterocycles. The summed E-state index contributed by atoms with van der Waals surface area (Å²) in [7, 11) is 0. The van der Waals surface area contributed by atoms with Crippen molar-refractivity contribution < 1.29 is 4.42 Å². The first-order valence-corrected chi connectivity index (χ1v) is 30.8. The molecule has 2 saturated carbocycles. The summed E-state index contributed by atoms with van der Waals surface area (Å²) in [6.07, 6.45) is 9.50. The maximum atomic E-state index is 7.22. The Hall–Kier alpha value is -7.74. The minimum atomic E-state index is -0.172. The SMILES string of the molecule is CC(C)(C)c1ccc2c(c1)B1c3ccc(N4c5ccccc5C5(C)CCCCC45C)cc3N(c3cccc4c3oc3ccccc34)c3cc(N4c5ccccc5C5(C)CCCCC45C)cc(c31)N2c1cccc2c1sc1ccccc12. The van der Waals surface area contributed by atoms with Crippen molar-refractivity contribution in [2.75, 3.05) is 19.6 Å². The summed E-state index contributed by atoms with van der Waals surface area (Å²) in [5, 5.41) is 4.87. The Morgan fingerprint density at radius 1 is 0.444 bits per heavy atom. The van der Waals surface area contributed by atoms with Crippen LogP contribution in [-0.2, 0) is 16.2 Å². The van der Waals surface area contributed by atoms with Gasteiger partial charge in [0.1, 0.15) is 5.58 Å². The van der Waals surface area contributed by atoms with Gasteiger partial charge in [0.25, 0.3) is 6.71 Å². The highest BCUT2D eigenvalue weighted by atomic mass is 32.1. The molecule has 4 aliphatic heterocycles. The fourth-order valence-corrected chi connectivity index (χ4v) is 18.5. The lowest BCUT2D eigenvalue weighted by Gasteiger charge is -2.51. The molecule has 398 valence electrons. The van der Waals surface area contributed by atoms with Crippen LogP contribution >= 0.6 is 11.3 Å². The molecule has 2 fully saturated rings. The summed E-state index contributed by atoms with van der Waals surface area (Å²) in [6.45, 7) is 17.3. The number of thiophene rings is 1. The number of nitrogens with zero attached hydrogens (tertiary/aromatic N) is 4. The molecule has 0 N–H and O–H groups in total. The third-order valence-electron chi connectivity index (χ3n) is 21.7. The summed E-state index contributed by atoms with van der Waals surface area (Å²) >= 11 is 1.92. The Morgan fingerprint density at radius 3 is 1.70 bits per heavy atom. The molecular formula is C74H67BN4OS. The second-order valence-electron chi connectivity index (χ2n) is 26.6. The van der Waals surface area contributed by atoms with E-state index in [9.17, 15) is 0 Å². The summed E-state index contributed by atoms with van der Waals surface area (Å²) in [5.41, 5.74) is 22.0. The van der Waals surface area contributed by atoms with Crippen molar-refractivity contribution in [2.24, 2.45) is 0 Å². The largest absolute Gasteiger partial charge is 0.454 e. The standard InChI is InChI=1S/C74H67BN4OS/c1-70(2,3)46-34-37-59-56(42-46)75-55-36-35-47(78-57-28-12-10-26-53(57)71(4)38-16-18-40-73(71,78)6)43-62(55)77(60-30-20-24-51-49-22-8-14-32-65(49)80-68(51)60)64-45-48(79-58-29-13-11-27-54(58)72(5)39-17-19-41-74(72,79)7)44-63(67(64)75)76(59)61-31-21-25-52-50-23-9-15-33-66(50)81-69(52)61/h8-15,20-37,42-45H,16-19,38-41H2,1-7H3. The molecule has 0 radical (unpaired) electrons. The summed E-state index contributed by atoms with van der Waals surface area (Å²) in [5.74, 6) is 0. The molecule has 5 nitrogen and oxygen atoms in total. The minimum Gasteiger partial charge on any atom is -0.454 e. The molecule has 4 unspecified atom stereocenters. The van der Waals surface area contributed by atoms with Gasteiger partial charge in [0.2, 0.25) is 0 Å². The lowest BCUT2D eigenvalue weighted by atomic mass is 9.33. The van der Waals surface area contributed by atoms with E-state index in [1.54, 1.807) is 0 Å². The number of benzene rings is 9. The van der Waals surface area contributed by atoms with Crippen molar-refractivity contribution in [1.29, 1.82) is 0 Å². The normalized spacial score (nSPS) is 23.4. The van der Waals surface area contributed by atoms with Gasteiger partial charge in [-0.05, 0) is 145 Å². The number of anilines is 10. The van der Waals surface area contributed by atoms with Gasteiger partial charge < -0.3 is 24.0 Å². The minimum absolute atomic E-state index is 0.00977. The quantitative estimate of drug-likeness (QED) is 0.164. The summed E-state index contributed by atoms with van der Waals surface area (Å²) < 4.78 is 9.84. The maximum absolute atomic E-state index is 7.22. The van der Waals surface area contributed by atoms with E-state index in [0.29, 0.717) is 0 Å². The van der Waals surface area contributed by atoms with E-state index >= 15 is 0 Å². The fraction of sp³-hybridized carbons (Fsp3) is 0.270. The Bertz CT molecular complexity index is 4510. The first-order chi connectivity index (χ1) is 39.3. The lowest BCUT2D eigenvalue weighted by Crippen LogP contribution is -2.62. The van der Waals surface area contributed by atoms with Crippen molar-refractivity contribution in [3.63, 3.8) is 0 Å². The fourth-order valence-electron chi connectivity index (χ4n) is 17.2. The smallest absolute Gasteiger partial charge is 0.252 e. The van der Waals surface area contributed by atoms with E-state index in [4.69, 9.17) is 4.42 Å². The van der Waals surface area contributed by atoms with Gasteiger partial charge in [0.05, 0.1) is 27.2 Å². The van der Waals surface area contributed by atoms with Crippen molar-refractivity contribution in [1.82, 2.24) is 0 Å². The molecule has 4 atom stereocenters. The highest BCUT2D eigenvalue weighted by Crippen LogP contribution is 2.64. The Labute approximate surface area is 480 Å². The first kappa shape index (κ1) is 48.0. The third kappa shape index (κ3) is 6.18. The van der Waals surface area contributed by atoms with Gasteiger partial charge in [-0.1, -0.05) is 176 Å². The Morgan fingerprint density at radius 2 is 1.00 bits per heavy atom. The molecule has 0 amide bonds. The van der Waals surface area contributed by atoms with Crippen LogP contribution in [0.25, 0.3) is 42.1 Å². The first-order valence-electron chi connectivity index (χ1n) is 30.0. The molecule has 81 heavy (non-hydrogen) atoms. The molecule has 7 heteroatoms. The molecule has 6 aliphatic rings. The summed E-state index contributed by atoms with van der Waals surface area (Å²) in [6, 6.07) is 70.6. The van der Waals surface area contributed by atoms with Gasteiger partial charge in [-0.2, -0.15) is 0 Å². The van der Waals surface area contributed by atoms with Crippen LogP contribution in [0.15, 0.2) is 186 Å². The molecule has 11 aromatic rings. The molecule has 2 aromatic heterocycles. The van der Waals surface area contributed by atoms with Gasteiger partial charge in [-0.3, -0.25) is 0 Å². The predicted octanol–water partition coefficient (Wildman–Crippen LogP) is 18.8. The average Bonchev–Trinajstić information content (AvgIpc) is 2.74. The number of fused-ring (bicyclic) bond motifs is 16. The van der Waals surface area contributed by atoms with Crippen molar-refractivity contribution in [2.45, 2.75) is 127 Å². The van der Waals surface area contributed by atoms with Crippen molar-refractivity contribution in [3.05, 3.63) is 199 Å². The molecule has 2 aliphatic carbocycles. The summed E-state index contributed by atoms with van der Waals surface area (Å²) in [4.78, 5) is 10.9. The highest BCUT2D eigenvalue weighted by molar-refractivity contribution is 7.26. The maximum Gasteiger partial charge on any atom is 0.252 e. The predicted molar refractivity (Wildman–Crippen MR) is 345 cm³/mol. The second-order valence-corrected chi connectivity index (χ2v) is 27.7.